The maximum absolute atomic E-state index is 6.10. The molecule has 2 heteroatoms. The van der Waals surface area contributed by atoms with Crippen LogP contribution in [-0.2, 0) is 0 Å². The Bertz CT molecular complexity index is 137. The smallest absolute Gasteiger partial charge is 0.0328 e. The van der Waals surface area contributed by atoms with Gasteiger partial charge in [-0.3, -0.25) is 0 Å². The van der Waals surface area contributed by atoms with Gasteiger partial charge in [-0.25, -0.2) is 0 Å². The number of nitrogens with two attached hydrogens (primary N) is 1. The molecule has 2 N–H and O–H groups in total. The highest BCUT2D eigenvalue weighted by Gasteiger charge is 2.48. The van der Waals surface area contributed by atoms with E-state index < -0.39 is 0 Å². The number of halogens is 1. The monoisotopic (exact) mass is 189 g/mol. The molecule has 0 amide bonds. The molecule has 52 valence electrons. The van der Waals surface area contributed by atoms with Gasteiger partial charge in [0.15, 0.2) is 0 Å². The Balaban J connectivity index is 2.22. The first kappa shape index (κ1) is 6.17. The third kappa shape index (κ3) is 0.761. The lowest BCUT2D eigenvalue weighted by Gasteiger charge is -2.26. The molecule has 1 nitrogen and oxygen atoms in total. The van der Waals surface area contributed by atoms with Crippen LogP contribution in [-0.4, -0.2) is 10.4 Å². The second-order valence-electron chi connectivity index (χ2n) is 3.55. The molecule has 0 spiro atoms. The summed E-state index contributed by atoms with van der Waals surface area (Å²) in [5.41, 5.74) is 6.28. The zero-order chi connectivity index (χ0) is 6.48. The molecule has 2 fully saturated rings. The molecule has 0 heterocycles. The van der Waals surface area contributed by atoms with E-state index in [1.807, 2.05) is 0 Å². The predicted octanol–water partition coefficient (Wildman–Crippen LogP) is 1.65. The van der Waals surface area contributed by atoms with Crippen molar-refractivity contribution in [1.82, 2.24) is 0 Å². The molecule has 1 unspecified atom stereocenters. The summed E-state index contributed by atoms with van der Waals surface area (Å²) in [5.74, 6) is 0.944. The third-order valence-electron chi connectivity index (χ3n) is 2.85. The van der Waals surface area contributed by atoms with Gasteiger partial charge in [0.1, 0.15) is 0 Å². The number of alkyl halides is 1. The molecule has 2 saturated carbocycles. The molecule has 2 aliphatic carbocycles. The molecule has 0 aromatic rings. The Morgan fingerprint density at radius 1 is 1.56 bits per heavy atom. The van der Waals surface area contributed by atoms with Crippen molar-refractivity contribution in [2.24, 2.45) is 11.7 Å². The SMILES string of the molecule is NC12CC[C@H](C[C@H]1Br)C2. The topological polar surface area (TPSA) is 26.0 Å². The highest BCUT2D eigenvalue weighted by molar-refractivity contribution is 9.09. The summed E-state index contributed by atoms with van der Waals surface area (Å²) < 4.78 is 0. The van der Waals surface area contributed by atoms with E-state index in [-0.39, 0.29) is 5.54 Å². The normalized spacial score (nSPS) is 56.7. The van der Waals surface area contributed by atoms with E-state index in [1.54, 1.807) is 0 Å². The highest BCUT2D eigenvalue weighted by Crippen LogP contribution is 2.49. The average molecular weight is 190 g/mol. The molecular weight excluding hydrogens is 178 g/mol. The Hall–Kier alpha value is 0.440. The van der Waals surface area contributed by atoms with E-state index in [1.165, 1.54) is 25.7 Å². The molecule has 0 radical (unpaired) electrons. The van der Waals surface area contributed by atoms with Crippen molar-refractivity contribution in [2.45, 2.75) is 36.0 Å². The van der Waals surface area contributed by atoms with E-state index in [0.29, 0.717) is 4.83 Å². The van der Waals surface area contributed by atoms with Gasteiger partial charge in [-0.05, 0) is 31.6 Å². The van der Waals surface area contributed by atoms with Crippen LogP contribution < -0.4 is 5.73 Å². The van der Waals surface area contributed by atoms with Crippen LogP contribution in [0.25, 0.3) is 0 Å². The van der Waals surface area contributed by atoms with Gasteiger partial charge in [0.05, 0.1) is 0 Å². The van der Waals surface area contributed by atoms with Crippen LogP contribution in [0.1, 0.15) is 25.7 Å². The highest BCUT2D eigenvalue weighted by atomic mass is 79.9. The second-order valence-corrected chi connectivity index (χ2v) is 4.65. The third-order valence-corrected chi connectivity index (χ3v) is 4.14. The van der Waals surface area contributed by atoms with Gasteiger partial charge < -0.3 is 5.73 Å². The first-order valence-electron chi connectivity index (χ1n) is 3.64. The van der Waals surface area contributed by atoms with Crippen LogP contribution in [0.5, 0.6) is 0 Å². The number of fused-ring (bicyclic) bond motifs is 2. The first-order valence-corrected chi connectivity index (χ1v) is 4.55. The largest absolute Gasteiger partial charge is 0.324 e. The van der Waals surface area contributed by atoms with Gasteiger partial charge in [-0.15, -0.1) is 0 Å². The van der Waals surface area contributed by atoms with Crippen molar-refractivity contribution in [2.75, 3.05) is 0 Å². The van der Waals surface area contributed by atoms with Crippen LogP contribution in [0, 0.1) is 5.92 Å². The molecule has 2 aliphatic rings. The maximum Gasteiger partial charge on any atom is 0.0328 e. The molecule has 0 saturated heterocycles. The summed E-state index contributed by atoms with van der Waals surface area (Å²) in [4.78, 5) is 0.615. The van der Waals surface area contributed by atoms with Crippen molar-refractivity contribution in [3.05, 3.63) is 0 Å². The van der Waals surface area contributed by atoms with Gasteiger partial charge >= 0.3 is 0 Å². The fourth-order valence-corrected chi connectivity index (χ4v) is 3.17. The van der Waals surface area contributed by atoms with E-state index >= 15 is 0 Å². The van der Waals surface area contributed by atoms with Crippen molar-refractivity contribution in [3.63, 3.8) is 0 Å². The van der Waals surface area contributed by atoms with Gasteiger partial charge in [0.25, 0.3) is 0 Å². The van der Waals surface area contributed by atoms with Gasteiger partial charge in [0.2, 0.25) is 0 Å². The fraction of sp³-hybridized carbons (Fsp3) is 1.00. The zero-order valence-corrected chi connectivity index (χ0v) is 7.02. The van der Waals surface area contributed by atoms with Gasteiger partial charge in [-0.1, -0.05) is 15.9 Å². The van der Waals surface area contributed by atoms with Crippen LogP contribution >= 0.6 is 15.9 Å². The Morgan fingerprint density at radius 2 is 2.33 bits per heavy atom. The summed E-state index contributed by atoms with van der Waals surface area (Å²) in [6, 6.07) is 0. The molecule has 2 rings (SSSR count). The summed E-state index contributed by atoms with van der Waals surface area (Å²) in [7, 11) is 0. The van der Waals surface area contributed by atoms with Crippen molar-refractivity contribution in [3.8, 4) is 0 Å². The standard InChI is InChI=1S/C7H12BrN/c8-6-3-5-1-2-7(6,9)4-5/h5-6H,1-4,9H2/t5-,6-,7?/m1/s1. The van der Waals surface area contributed by atoms with Gasteiger partial charge in [0, 0.05) is 10.4 Å². The van der Waals surface area contributed by atoms with Gasteiger partial charge in [-0.2, -0.15) is 0 Å². The summed E-state index contributed by atoms with van der Waals surface area (Å²) in [6.45, 7) is 0. The van der Waals surface area contributed by atoms with Crippen molar-refractivity contribution >= 4 is 15.9 Å². The summed E-state index contributed by atoms with van der Waals surface area (Å²) in [6.07, 6.45) is 5.20. The number of hydrogen-bond donors (Lipinski definition) is 1. The van der Waals surface area contributed by atoms with E-state index in [9.17, 15) is 0 Å². The average Bonchev–Trinajstić information content (AvgIpc) is 2.22. The summed E-state index contributed by atoms with van der Waals surface area (Å²) in [5, 5.41) is 0. The molecule has 2 bridgehead atoms. The lowest BCUT2D eigenvalue weighted by Crippen LogP contribution is -2.42. The molecule has 9 heavy (non-hydrogen) atoms. The minimum atomic E-state index is 0.185. The minimum absolute atomic E-state index is 0.185. The second kappa shape index (κ2) is 1.73. The van der Waals surface area contributed by atoms with Crippen LogP contribution in [0.2, 0.25) is 0 Å². The zero-order valence-electron chi connectivity index (χ0n) is 5.44. The lowest BCUT2D eigenvalue weighted by atomic mass is 9.95. The van der Waals surface area contributed by atoms with E-state index in [0.717, 1.165) is 5.92 Å². The van der Waals surface area contributed by atoms with Crippen LogP contribution in [0.3, 0.4) is 0 Å². The Kier molecular flexibility index (Phi) is 1.18. The number of hydrogen-bond acceptors (Lipinski definition) is 1. The number of rotatable bonds is 0. The first-order chi connectivity index (χ1) is 4.21. The van der Waals surface area contributed by atoms with Crippen LogP contribution in [0.4, 0.5) is 0 Å². The van der Waals surface area contributed by atoms with E-state index in [2.05, 4.69) is 15.9 Å². The van der Waals surface area contributed by atoms with E-state index in [4.69, 9.17) is 5.73 Å². The molecule has 0 aromatic carbocycles. The predicted molar refractivity (Wildman–Crippen MR) is 41.6 cm³/mol. The molecule has 0 aromatic heterocycles. The molecule has 0 aliphatic heterocycles. The quantitative estimate of drug-likeness (QED) is 0.577. The van der Waals surface area contributed by atoms with Crippen molar-refractivity contribution in [1.29, 1.82) is 0 Å². The Labute approximate surface area is 64.1 Å². The fourth-order valence-electron chi connectivity index (χ4n) is 2.23. The van der Waals surface area contributed by atoms with Crippen molar-refractivity contribution < 1.29 is 0 Å². The maximum atomic E-state index is 6.10. The summed E-state index contributed by atoms with van der Waals surface area (Å²) >= 11 is 3.63. The van der Waals surface area contributed by atoms with Crippen LogP contribution in [0.15, 0.2) is 0 Å². The molecular formula is C7H12BrN. The molecule has 3 atom stereocenters. The lowest BCUT2D eigenvalue weighted by molar-refractivity contribution is 0.436. The Morgan fingerprint density at radius 3 is 2.56 bits per heavy atom. The minimum Gasteiger partial charge on any atom is -0.324 e.